The largest absolute Gasteiger partial charge is 0.492 e. The highest BCUT2D eigenvalue weighted by Crippen LogP contribution is 2.45. The first-order valence-corrected chi connectivity index (χ1v) is 13.5. The summed E-state index contributed by atoms with van der Waals surface area (Å²) in [4.78, 5) is 23.8. The Kier molecular flexibility index (Phi) is 6.55. The van der Waals surface area contributed by atoms with Gasteiger partial charge in [-0.2, -0.15) is 10.4 Å². The van der Waals surface area contributed by atoms with Crippen LogP contribution in [0.15, 0.2) is 49.1 Å². The molecule has 1 amide bonds. The minimum Gasteiger partial charge on any atom is -0.492 e. The summed E-state index contributed by atoms with van der Waals surface area (Å²) in [6.07, 6.45) is 7.79. The van der Waals surface area contributed by atoms with E-state index in [9.17, 15) is 14.4 Å². The van der Waals surface area contributed by atoms with Gasteiger partial charge in [-0.15, -0.1) is 0 Å². The molecule has 1 unspecified atom stereocenters. The number of carbonyl (C=O) groups excluding carboxylic acids is 1. The molecule has 40 heavy (non-hydrogen) atoms. The molecule has 11 heteroatoms. The molecule has 1 aliphatic heterocycles. The van der Waals surface area contributed by atoms with E-state index in [1.165, 1.54) is 0 Å². The lowest BCUT2D eigenvalue weighted by Crippen LogP contribution is -2.45. The lowest BCUT2D eigenvalue weighted by molar-refractivity contribution is 0.0899. The number of nitrogens with one attached hydrogen (secondary N) is 1. The molecule has 0 aromatic carbocycles. The quantitative estimate of drug-likeness (QED) is 0.358. The maximum absolute atomic E-state index is 13.3. The van der Waals surface area contributed by atoms with E-state index < -0.39 is 11.4 Å². The Morgan fingerprint density at radius 2 is 2.00 bits per heavy atom. The van der Waals surface area contributed by atoms with Crippen LogP contribution in [0.1, 0.15) is 42.7 Å². The first-order chi connectivity index (χ1) is 19.3. The number of nitriles is 1. The van der Waals surface area contributed by atoms with Crippen LogP contribution in [0.4, 0.5) is 10.2 Å². The van der Waals surface area contributed by atoms with Gasteiger partial charge in [-0.05, 0) is 62.8 Å². The monoisotopic (exact) mass is 559 g/mol. The summed E-state index contributed by atoms with van der Waals surface area (Å²) in [5, 5.41) is 17.0. The first-order valence-electron chi connectivity index (χ1n) is 13.2. The predicted molar refractivity (Wildman–Crippen MR) is 148 cm³/mol. The molecule has 204 valence electrons. The summed E-state index contributed by atoms with van der Waals surface area (Å²) >= 11 is 6.05. The number of pyridine rings is 3. The molecule has 1 saturated heterocycles. The number of ether oxygens (including phenoxy) is 1. The molecular weight excluding hydrogens is 533 g/mol. The average Bonchev–Trinajstić information content (AvgIpc) is 3.59. The maximum Gasteiger partial charge on any atom is 0.271 e. The number of fused-ring (bicyclic) bond motifs is 2. The predicted octanol–water partition coefficient (Wildman–Crippen LogP) is 4.89. The molecular formula is C29H27ClFN7O2. The number of anilines is 1. The lowest BCUT2D eigenvalue weighted by Gasteiger charge is -2.28. The number of hydrogen-bond donors (Lipinski definition) is 1. The molecule has 1 N–H and O–H groups in total. The summed E-state index contributed by atoms with van der Waals surface area (Å²) in [7, 11) is 0. The average molecular weight is 560 g/mol. The maximum atomic E-state index is 13.3. The molecule has 2 fully saturated rings. The Labute approximate surface area is 235 Å². The summed E-state index contributed by atoms with van der Waals surface area (Å²) in [6.45, 7) is 6.16. The Balaban J connectivity index is 1.16. The zero-order chi connectivity index (χ0) is 28.0. The Hall–Kier alpha value is -4.23. The third-order valence-corrected chi connectivity index (χ3v) is 8.13. The second-order valence-electron chi connectivity index (χ2n) is 10.7. The van der Waals surface area contributed by atoms with Gasteiger partial charge in [-0.3, -0.25) is 4.79 Å². The third kappa shape index (κ3) is 4.71. The highest BCUT2D eigenvalue weighted by molar-refractivity contribution is 6.33. The third-order valence-electron chi connectivity index (χ3n) is 7.84. The molecule has 5 heterocycles. The fraction of sp³-hybridized carbons (Fsp3) is 0.345. The van der Waals surface area contributed by atoms with Crippen LogP contribution in [0.5, 0.6) is 5.75 Å². The highest BCUT2D eigenvalue weighted by Gasteiger charge is 2.47. The van der Waals surface area contributed by atoms with Crippen LogP contribution >= 0.6 is 11.6 Å². The van der Waals surface area contributed by atoms with Gasteiger partial charge < -0.3 is 15.0 Å². The number of aromatic nitrogens is 4. The first kappa shape index (κ1) is 26.0. The molecule has 6 rings (SSSR count). The molecule has 1 aliphatic carbocycles. The van der Waals surface area contributed by atoms with Crippen molar-refractivity contribution < 1.29 is 13.9 Å². The van der Waals surface area contributed by atoms with Crippen LogP contribution in [0.2, 0.25) is 5.02 Å². The summed E-state index contributed by atoms with van der Waals surface area (Å²) in [5.41, 5.74) is 2.55. The van der Waals surface area contributed by atoms with Crippen molar-refractivity contribution in [2.45, 2.75) is 32.2 Å². The van der Waals surface area contributed by atoms with Crippen molar-refractivity contribution in [3.8, 4) is 22.9 Å². The van der Waals surface area contributed by atoms with E-state index in [-0.39, 0.29) is 16.6 Å². The van der Waals surface area contributed by atoms with Gasteiger partial charge in [-0.25, -0.2) is 18.9 Å². The van der Waals surface area contributed by atoms with E-state index in [0.717, 1.165) is 60.7 Å². The van der Waals surface area contributed by atoms with E-state index in [4.69, 9.17) is 21.3 Å². The number of halogens is 2. The molecule has 4 aromatic rings. The van der Waals surface area contributed by atoms with Crippen molar-refractivity contribution in [3.63, 3.8) is 0 Å². The minimum atomic E-state index is -0.578. The number of carbonyl (C=O) groups is 1. The van der Waals surface area contributed by atoms with E-state index >= 15 is 0 Å². The van der Waals surface area contributed by atoms with Gasteiger partial charge in [0.05, 0.1) is 41.3 Å². The summed E-state index contributed by atoms with van der Waals surface area (Å²) < 4.78 is 20.7. The van der Waals surface area contributed by atoms with Crippen molar-refractivity contribution in [2.75, 3.05) is 24.6 Å². The number of rotatable bonds is 6. The van der Waals surface area contributed by atoms with Gasteiger partial charge in [-0.1, -0.05) is 11.6 Å². The molecule has 0 radical (unpaired) electrons. The van der Waals surface area contributed by atoms with Crippen molar-refractivity contribution in [1.29, 1.82) is 5.26 Å². The zero-order valence-electron chi connectivity index (χ0n) is 22.1. The van der Waals surface area contributed by atoms with E-state index in [0.29, 0.717) is 29.8 Å². The lowest BCUT2D eigenvalue weighted by atomic mass is 9.97. The second kappa shape index (κ2) is 10.1. The highest BCUT2D eigenvalue weighted by atomic mass is 35.5. The topological polar surface area (TPSA) is 108 Å². The van der Waals surface area contributed by atoms with Crippen molar-refractivity contribution in [1.82, 2.24) is 24.9 Å². The van der Waals surface area contributed by atoms with Crippen molar-refractivity contribution in [2.24, 2.45) is 11.8 Å². The van der Waals surface area contributed by atoms with Gasteiger partial charge in [0.1, 0.15) is 29.1 Å². The Bertz CT molecular complexity index is 1630. The van der Waals surface area contributed by atoms with E-state index in [1.807, 2.05) is 38.2 Å². The Morgan fingerprint density at radius 3 is 2.65 bits per heavy atom. The fourth-order valence-corrected chi connectivity index (χ4v) is 6.46. The summed E-state index contributed by atoms with van der Waals surface area (Å²) in [5.74, 6) is 1.39. The standard InChI is InChI=1S/C29H27ClFN7O2/c1-3-40-22-7-23(27-20(10-32)12-35-38(27)16-22)17-4-5-25(33-11-17)37-14-18-8-29(2,9-19(18)15-37)36-28(39)26-24(30)6-21(31)13-34-26/h4-7,11-13,16,18-19H,3,8-9,14-15H2,1-2H3,(H,36,39)/t18-,19+,29?. The molecule has 1 saturated carbocycles. The molecule has 0 spiro atoms. The van der Waals surface area contributed by atoms with Crippen molar-refractivity contribution >= 4 is 28.8 Å². The molecule has 3 atom stereocenters. The fourth-order valence-electron chi connectivity index (χ4n) is 6.22. The van der Waals surface area contributed by atoms with Crippen LogP contribution < -0.4 is 15.0 Å². The molecule has 9 nitrogen and oxygen atoms in total. The van der Waals surface area contributed by atoms with E-state index in [1.54, 1.807) is 16.9 Å². The molecule has 4 aromatic heterocycles. The second-order valence-corrected chi connectivity index (χ2v) is 11.1. The molecule has 2 aliphatic rings. The van der Waals surface area contributed by atoms with Gasteiger partial charge in [0.2, 0.25) is 0 Å². The normalized spacial score (nSPS) is 21.8. The number of nitrogens with zero attached hydrogens (tertiary/aromatic N) is 6. The van der Waals surface area contributed by atoms with Crippen molar-refractivity contribution in [3.05, 3.63) is 71.2 Å². The van der Waals surface area contributed by atoms with E-state index in [2.05, 4.69) is 26.4 Å². The van der Waals surface area contributed by atoms with Gasteiger partial charge in [0, 0.05) is 36.0 Å². The summed E-state index contributed by atoms with van der Waals surface area (Å²) in [6, 6.07) is 9.26. The van der Waals surface area contributed by atoms with Crippen LogP contribution in [0.3, 0.4) is 0 Å². The van der Waals surface area contributed by atoms with Crippen LogP contribution in [0, 0.1) is 29.0 Å². The number of hydrogen-bond acceptors (Lipinski definition) is 7. The Morgan fingerprint density at radius 1 is 1.23 bits per heavy atom. The van der Waals surface area contributed by atoms with Gasteiger partial charge in [0.25, 0.3) is 5.91 Å². The minimum absolute atomic E-state index is 0.00224. The number of amides is 1. The molecule has 0 bridgehead atoms. The SMILES string of the molecule is CCOc1cc(-c2ccc(N3C[C@@H]4CC(C)(NC(=O)c5ncc(F)cc5Cl)C[C@@H]4C3)nc2)c2c(C#N)cnn2c1. The van der Waals surface area contributed by atoms with Gasteiger partial charge in [0.15, 0.2) is 0 Å². The van der Waals surface area contributed by atoms with Crippen LogP contribution in [0.25, 0.3) is 16.6 Å². The van der Waals surface area contributed by atoms with Crippen LogP contribution in [-0.2, 0) is 0 Å². The smallest absolute Gasteiger partial charge is 0.271 e. The van der Waals surface area contributed by atoms with Crippen LogP contribution in [-0.4, -0.2) is 50.7 Å². The zero-order valence-corrected chi connectivity index (χ0v) is 22.8. The van der Waals surface area contributed by atoms with Gasteiger partial charge >= 0.3 is 0 Å².